The monoisotopic (exact) mass is 295 g/mol. The predicted octanol–water partition coefficient (Wildman–Crippen LogP) is 2.08. The summed E-state index contributed by atoms with van der Waals surface area (Å²) in [5.41, 5.74) is 0.322. The quantitative estimate of drug-likeness (QED) is 0.717. The lowest BCUT2D eigenvalue weighted by Crippen LogP contribution is -2.38. The molecule has 6 nitrogen and oxygen atoms in total. The van der Waals surface area contributed by atoms with E-state index >= 15 is 0 Å². The largest absolute Gasteiger partial charge is 0.493 e. The van der Waals surface area contributed by atoms with Gasteiger partial charge in [0.05, 0.1) is 13.7 Å². The number of carbonyl (C=O) groups excluding carboxylic acids is 1. The summed E-state index contributed by atoms with van der Waals surface area (Å²) in [5.74, 6) is -0.548. The van der Waals surface area contributed by atoms with Crippen molar-refractivity contribution in [2.75, 3.05) is 13.7 Å². The van der Waals surface area contributed by atoms with Crippen molar-refractivity contribution in [3.63, 3.8) is 0 Å². The fraction of sp³-hybridized carbons (Fsp3) is 0.467. The Morgan fingerprint density at radius 1 is 1.33 bits per heavy atom. The number of carboxylic acid groups (broad SMARTS) is 1. The average molecular weight is 295 g/mol. The van der Waals surface area contributed by atoms with E-state index in [0.29, 0.717) is 23.7 Å². The maximum Gasteiger partial charge on any atom is 0.325 e. The molecule has 0 aliphatic rings. The number of aliphatic carboxylic acids is 1. The molecule has 6 heteroatoms. The van der Waals surface area contributed by atoms with Gasteiger partial charge in [-0.3, -0.25) is 9.59 Å². The van der Waals surface area contributed by atoms with Crippen molar-refractivity contribution in [2.24, 2.45) is 0 Å². The Morgan fingerprint density at radius 3 is 2.62 bits per heavy atom. The highest BCUT2D eigenvalue weighted by atomic mass is 16.5. The molecule has 0 aliphatic carbocycles. The smallest absolute Gasteiger partial charge is 0.325 e. The molecular weight excluding hydrogens is 274 g/mol. The summed E-state index contributed by atoms with van der Waals surface area (Å²) in [6.45, 7) is 4.05. The minimum absolute atomic E-state index is 0.322. The molecule has 0 fully saturated rings. The van der Waals surface area contributed by atoms with Crippen LogP contribution in [0, 0.1) is 0 Å². The molecule has 0 aromatic heterocycles. The van der Waals surface area contributed by atoms with Crippen molar-refractivity contribution in [1.29, 1.82) is 0 Å². The van der Waals surface area contributed by atoms with E-state index in [0.717, 1.165) is 12.8 Å². The molecule has 1 atom stereocenters. The van der Waals surface area contributed by atoms with E-state index in [1.807, 2.05) is 0 Å². The van der Waals surface area contributed by atoms with Crippen molar-refractivity contribution >= 4 is 11.9 Å². The van der Waals surface area contributed by atoms with Crippen LogP contribution in [0.15, 0.2) is 18.2 Å². The number of methoxy groups -OCH3 is 1. The third kappa shape index (κ3) is 4.98. The fourth-order valence-corrected chi connectivity index (χ4v) is 1.60. The fourth-order valence-electron chi connectivity index (χ4n) is 1.60. The number of carboxylic acids is 1. The zero-order valence-corrected chi connectivity index (χ0v) is 12.5. The van der Waals surface area contributed by atoms with Crippen LogP contribution in [-0.4, -0.2) is 36.7 Å². The lowest BCUT2D eigenvalue weighted by Gasteiger charge is -2.13. The van der Waals surface area contributed by atoms with Crippen LogP contribution in [0.3, 0.4) is 0 Å². The van der Waals surface area contributed by atoms with E-state index in [2.05, 4.69) is 12.2 Å². The summed E-state index contributed by atoms with van der Waals surface area (Å²) in [6, 6.07) is 3.80. The zero-order chi connectivity index (χ0) is 15.8. The lowest BCUT2D eigenvalue weighted by molar-refractivity contribution is -0.138. The Balaban J connectivity index is 2.81. The van der Waals surface area contributed by atoms with Gasteiger partial charge in [0.2, 0.25) is 0 Å². The first-order valence-corrected chi connectivity index (χ1v) is 6.84. The summed E-state index contributed by atoms with van der Waals surface area (Å²) >= 11 is 0. The van der Waals surface area contributed by atoms with Gasteiger partial charge >= 0.3 is 5.97 Å². The number of ether oxygens (including phenoxy) is 2. The minimum atomic E-state index is -1.09. The Morgan fingerprint density at radius 2 is 2.05 bits per heavy atom. The van der Waals surface area contributed by atoms with Gasteiger partial charge in [0.15, 0.2) is 11.5 Å². The van der Waals surface area contributed by atoms with Crippen LogP contribution >= 0.6 is 0 Å². The molecule has 0 unspecified atom stereocenters. The van der Waals surface area contributed by atoms with Gasteiger partial charge in [-0.25, -0.2) is 0 Å². The molecule has 1 rings (SSSR count). The molecule has 2 N–H and O–H groups in total. The SMILES string of the molecule is CCCCOc1ccc(C(=O)N[C@@H](C)C(=O)O)cc1OC. The summed E-state index contributed by atoms with van der Waals surface area (Å²) in [4.78, 5) is 22.7. The first kappa shape index (κ1) is 16.8. The number of nitrogens with one attached hydrogen (secondary N) is 1. The van der Waals surface area contributed by atoms with Gasteiger partial charge < -0.3 is 19.9 Å². The van der Waals surface area contributed by atoms with Crippen LogP contribution in [0.1, 0.15) is 37.0 Å². The highest BCUT2D eigenvalue weighted by molar-refractivity contribution is 5.97. The highest BCUT2D eigenvalue weighted by Gasteiger charge is 2.16. The van der Waals surface area contributed by atoms with Gasteiger partial charge in [0.1, 0.15) is 6.04 Å². The molecule has 0 radical (unpaired) electrons. The molecular formula is C15H21NO5. The van der Waals surface area contributed by atoms with Crippen LogP contribution < -0.4 is 14.8 Å². The molecule has 1 aromatic carbocycles. The molecule has 0 heterocycles. The third-order valence-electron chi connectivity index (χ3n) is 2.90. The van der Waals surface area contributed by atoms with Crippen LogP contribution in [0.25, 0.3) is 0 Å². The van der Waals surface area contributed by atoms with Crippen LogP contribution in [-0.2, 0) is 4.79 Å². The zero-order valence-electron chi connectivity index (χ0n) is 12.5. The standard InChI is InChI=1S/C15H21NO5/c1-4-5-8-21-12-7-6-11(9-13(12)20-3)14(17)16-10(2)15(18)19/h6-7,9-10H,4-5,8H2,1-3H3,(H,16,17)(H,18,19)/t10-/m0/s1. The maximum absolute atomic E-state index is 11.9. The van der Waals surface area contributed by atoms with Gasteiger partial charge in [0, 0.05) is 5.56 Å². The Hall–Kier alpha value is -2.24. The number of amides is 1. The van der Waals surface area contributed by atoms with Crippen LogP contribution in [0.4, 0.5) is 0 Å². The first-order chi connectivity index (χ1) is 9.99. The van der Waals surface area contributed by atoms with Crippen molar-refractivity contribution in [1.82, 2.24) is 5.32 Å². The topological polar surface area (TPSA) is 84.9 Å². The van der Waals surface area contributed by atoms with Gasteiger partial charge in [-0.05, 0) is 31.5 Å². The number of hydrogen-bond donors (Lipinski definition) is 2. The predicted molar refractivity (Wildman–Crippen MR) is 78.0 cm³/mol. The van der Waals surface area contributed by atoms with Crippen molar-refractivity contribution < 1.29 is 24.2 Å². The number of benzene rings is 1. The van der Waals surface area contributed by atoms with E-state index in [-0.39, 0.29) is 0 Å². The molecule has 0 spiro atoms. The van der Waals surface area contributed by atoms with E-state index in [1.54, 1.807) is 12.1 Å². The molecule has 1 aromatic rings. The summed E-state index contributed by atoms with van der Waals surface area (Å²) < 4.78 is 10.8. The van der Waals surface area contributed by atoms with E-state index in [9.17, 15) is 9.59 Å². The molecule has 0 saturated heterocycles. The van der Waals surface area contributed by atoms with Gasteiger partial charge in [-0.2, -0.15) is 0 Å². The van der Waals surface area contributed by atoms with Gasteiger partial charge in [0.25, 0.3) is 5.91 Å². The van der Waals surface area contributed by atoms with Crippen molar-refractivity contribution in [3.8, 4) is 11.5 Å². The minimum Gasteiger partial charge on any atom is -0.493 e. The second-order valence-electron chi connectivity index (χ2n) is 4.60. The molecule has 0 saturated carbocycles. The molecule has 116 valence electrons. The second-order valence-corrected chi connectivity index (χ2v) is 4.60. The van der Waals surface area contributed by atoms with Crippen LogP contribution in [0.5, 0.6) is 11.5 Å². The lowest BCUT2D eigenvalue weighted by atomic mass is 10.1. The normalized spacial score (nSPS) is 11.6. The number of unbranched alkanes of at least 4 members (excludes halogenated alkanes) is 1. The number of rotatable bonds is 8. The van der Waals surface area contributed by atoms with E-state index < -0.39 is 17.9 Å². The van der Waals surface area contributed by atoms with Crippen LogP contribution in [0.2, 0.25) is 0 Å². The Kier molecular flexibility index (Phi) is 6.52. The molecule has 0 bridgehead atoms. The van der Waals surface area contributed by atoms with E-state index in [1.165, 1.54) is 20.1 Å². The molecule has 0 aliphatic heterocycles. The van der Waals surface area contributed by atoms with Gasteiger partial charge in [-0.1, -0.05) is 13.3 Å². The van der Waals surface area contributed by atoms with E-state index in [4.69, 9.17) is 14.6 Å². The van der Waals surface area contributed by atoms with Crippen molar-refractivity contribution in [2.45, 2.75) is 32.7 Å². The summed E-state index contributed by atoms with van der Waals surface area (Å²) in [7, 11) is 1.49. The first-order valence-electron chi connectivity index (χ1n) is 6.84. The van der Waals surface area contributed by atoms with Gasteiger partial charge in [-0.15, -0.1) is 0 Å². The highest BCUT2D eigenvalue weighted by Crippen LogP contribution is 2.28. The summed E-state index contributed by atoms with van der Waals surface area (Å²) in [6.07, 6.45) is 1.96. The maximum atomic E-state index is 11.9. The average Bonchev–Trinajstić information content (AvgIpc) is 2.47. The summed E-state index contributed by atoms with van der Waals surface area (Å²) in [5, 5.41) is 11.2. The number of hydrogen-bond acceptors (Lipinski definition) is 4. The number of carbonyl (C=O) groups is 2. The molecule has 1 amide bonds. The molecule has 21 heavy (non-hydrogen) atoms. The second kappa shape index (κ2) is 8.14. The third-order valence-corrected chi connectivity index (χ3v) is 2.90. The van der Waals surface area contributed by atoms with Crippen molar-refractivity contribution in [3.05, 3.63) is 23.8 Å². The Bertz CT molecular complexity index is 501. The Labute approximate surface area is 124 Å².